The number of carbonyl (C=O) groups is 1. The van der Waals surface area contributed by atoms with E-state index >= 15 is 0 Å². The van der Waals surface area contributed by atoms with Gasteiger partial charge in [0.2, 0.25) is 15.9 Å². The highest BCUT2D eigenvalue weighted by Crippen LogP contribution is 2.32. The van der Waals surface area contributed by atoms with Gasteiger partial charge in [-0.05, 0) is 12.1 Å². The van der Waals surface area contributed by atoms with Crippen molar-refractivity contribution in [3.8, 4) is 5.75 Å². The van der Waals surface area contributed by atoms with Crippen LogP contribution in [0.5, 0.6) is 5.75 Å². The molecule has 0 aromatic heterocycles. The van der Waals surface area contributed by atoms with E-state index in [1.807, 2.05) is 0 Å². The molecule has 1 heterocycles. The maximum atomic E-state index is 13.8. The number of hydrogen-bond donors (Lipinski definition) is 1. The summed E-state index contributed by atoms with van der Waals surface area (Å²) in [6.45, 7) is -0.165. The van der Waals surface area contributed by atoms with Gasteiger partial charge >= 0.3 is 6.36 Å². The second-order valence-electron chi connectivity index (χ2n) is 5.07. The number of rotatable bonds is 4. The lowest BCUT2D eigenvalue weighted by Crippen LogP contribution is -2.28. The third-order valence-corrected chi connectivity index (χ3v) is 4.05. The first kappa shape index (κ1) is 17.5. The number of nitrogens with two attached hydrogens (primary N) is 1. The molecule has 6 nitrogen and oxygen atoms in total. The highest BCUT2D eigenvalue weighted by atomic mass is 32.2. The number of alkyl halides is 3. The van der Waals surface area contributed by atoms with E-state index < -0.39 is 51.2 Å². The Morgan fingerprint density at radius 3 is 2.57 bits per heavy atom. The van der Waals surface area contributed by atoms with Crippen LogP contribution in [0.2, 0.25) is 0 Å². The minimum absolute atomic E-state index is 0.165. The van der Waals surface area contributed by atoms with Crippen molar-refractivity contribution in [3.63, 3.8) is 0 Å². The van der Waals surface area contributed by atoms with Crippen LogP contribution >= 0.6 is 0 Å². The van der Waals surface area contributed by atoms with E-state index in [2.05, 4.69) is 4.74 Å². The first-order valence-corrected chi connectivity index (χ1v) is 8.02. The molecule has 0 aliphatic carbocycles. The zero-order valence-corrected chi connectivity index (χ0v) is 12.3. The van der Waals surface area contributed by atoms with Crippen LogP contribution in [0.25, 0.3) is 0 Å². The number of amides is 1. The summed E-state index contributed by atoms with van der Waals surface area (Å²) in [5.74, 6) is -3.36. The summed E-state index contributed by atoms with van der Waals surface area (Å²) in [6.07, 6.45) is -5.15. The number of hydrogen-bond acceptors (Lipinski definition) is 4. The van der Waals surface area contributed by atoms with E-state index in [1.165, 1.54) is 0 Å². The van der Waals surface area contributed by atoms with Crippen molar-refractivity contribution in [2.45, 2.75) is 12.8 Å². The van der Waals surface area contributed by atoms with Crippen molar-refractivity contribution in [2.24, 2.45) is 11.1 Å². The molecule has 1 fully saturated rings. The van der Waals surface area contributed by atoms with Crippen LogP contribution in [0.3, 0.4) is 0 Å². The van der Waals surface area contributed by atoms with Gasteiger partial charge in [-0.1, -0.05) is 0 Å². The summed E-state index contributed by atoms with van der Waals surface area (Å²) < 4.78 is 76.2. The maximum absolute atomic E-state index is 13.8. The van der Waals surface area contributed by atoms with Crippen molar-refractivity contribution in [1.29, 1.82) is 0 Å². The van der Waals surface area contributed by atoms with Gasteiger partial charge in [0.15, 0.2) is 0 Å². The number of halogens is 4. The molecule has 1 saturated heterocycles. The van der Waals surface area contributed by atoms with E-state index in [1.54, 1.807) is 0 Å². The summed E-state index contributed by atoms with van der Waals surface area (Å²) in [5, 5.41) is 4.89. The Kier molecular flexibility index (Phi) is 4.53. The summed E-state index contributed by atoms with van der Waals surface area (Å²) >= 11 is 0. The fourth-order valence-electron chi connectivity index (χ4n) is 2.35. The summed E-state index contributed by atoms with van der Waals surface area (Å²) in [6, 6.07) is 2.24. The lowest BCUT2D eigenvalue weighted by molar-refractivity contribution is -0.274. The second-order valence-corrected chi connectivity index (χ2v) is 6.72. The monoisotopic (exact) mass is 356 g/mol. The molecule has 0 spiro atoms. The number of primary sulfonamides is 1. The normalized spacial score (nSPS) is 19.3. The van der Waals surface area contributed by atoms with Crippen LogP contribution in [0.4, 0.5) is 23.2 Å². The molecule has 1 aliphatic rings. The Hall–Kier alpha value is -1.88. The van der Waals surface area contributed by atoms with E-state index in [0.717, 1.165) is 23.1 Å². The standard InChI is InChI=1S/C12H12F4N2O4S/c13-9-2-1-8(22-12(14,15)16)4-10(9)18-5-7(3-11(18)19)6-23(17,20)21/h1-2,4,7H,3,5-6H2,(H2,17,20,21). The topological polar surface area (TPSA) is 89.7 Å². The van der Waals surface area contributed by atoms with Gasteiger partial charge in [-0.25, -0.2) is 17.9 Å². The Morgan fingerprint density at radius 1 is 1.35 bits per heavy atom. The highest BCUT2D eigenvalue weighted by Gasteiger charge is 2.35. The molecule has 1 aromatic carbocycles. The van der Waals surface area contributed by atoms with Gasteiger partial charge in [0, 0.05) is 24.9 Å². The smallest absolute Gasteiger partial charge is 0.406 e. The summed E-state index contributed by atoms with van der Waals surface area (Å²) in [7, 11) is -3.82. The maximum Gasteiger partial charge on any atom is 0.573 e. The SMILES string of the molecule is NS(=O)(=O)CC1CC(=O)N(c2cc(OC(F)(F)F)ccc2F)C1. The average Bonchev–Trinajstić information content (AvgIpc) is 2.68. The van der Waals surface area contributed by atoms with Crippen LogP contribution in [0.1, 0.15) is 6.42 Å². The quantitative estimate of drug-likeness (QED) is 0.825. The van der Waals surface area contributed by atoms with Gasteiger partial charge < -0.3 is 9.64 Å². The number of carbonyl (C=O) groups excluding carboxylic acids is 1. The minimum Gasteiger partial charge on any atom is -0.406 e. The van der Waals surface area contributed by atoms with Crippen molar-refractivity contribution in [2.75, 3.05) is 17.2 Å². The molecule has 23 heavy (non-hydrogen) atoms. The largest absolute Gasteiger partial charge is 0.573 e. The molecule has 1 aromatic rings. The average molecular weight is 356 g/mol. The number of benzene rings is 1. The Balaban J connectivity index is 2.24. The first-order valence-electron chi connectivity index (χ1n) is 6.31. The van der Waals surface area contributed by atoms with Crippen molar-refractivity contribution >= 4 is 21.6 Å². The van der Waals surface area contributed by atoms with Gasteiger partial charge in [0.05, 0.1) is 11.4 Å². The zero-order valence-electron chi connectivity index (χ0n) is 11.5. The lowest BCUT2D eigenvalue weighted by Gasteiger charge is -2.19. The third kappa shape index (κ3) is 4.79. The molecule has 1 unspecified atom stereocenters. The van der Waals surface area contributed by atoms with Crippen LogP contribution in [-0.4, -0.2) is 33.0 Å². The molecule has 2 rings (SSSR count). The van der Waals surface area contributed by atoms with Crippen molar-refractivity contribution in [1.82, 2.24) is 0 Å². The van der Waals surface area contributed by atoms with Crippen LogP contribution < -0.4 is 14.8 Å². The Morgan fingerprint density at radius 2 is 2.00 bits per heavy atom. The third-order valence-electron chi connectivity index (χ3n) is 3.12. The lowest BCUT2D eigenvalue weighted by atomic mass is 10.1. The number of anilines is 1. The first-order chi connectivity index (χ1) is 10.4. The van der Waals surface area contributed by atoms with Gasteiger partial charge in [-0.2, -0.15) is 0 Å². The van der Waals surface area contributed by atoms with Crippen LogP contribution in [-0.2, 0) is 14.8 Å². The molecule has 1 atom stereocenters. The number of sulfonamides is 1. The predicted octanol–water partition coefficient (Wildman–Crippen LogP) is 1.37. The molecule has 1 aliphatic heterocycles. The van der Waals surface area contributed by atoms with Crippen molar-refractivity contribution in [3.05, 3.63) is 24.0 Å². The molecule has 2 N–H and O–H groups in total. The molecule has 0 radical (unpaired) electrons. The summed E-state index contributed by atoms with van der Waals surface area (Å²) in [5.41, 5.74) is -0.409. The number of ether oxygens (including phenoxy) is 1. The molecule has 0 saturated carbocycles. The fourth-order valence-corrected chi connectivity index (χ4v) is 3.23. The van der Waals surface area contributed by atoms with E-state index in [-0.39, 0.29) is 13.0 Å². The summed E-state index contributed by atoms with van der Waals surface area (Å²) in [4.78, 5) is 12.8. The Labute approximate surface area is 128 Å². The van der Waals surface area contributed by atoms with Crippen molar-refractivity contribution < 1.29 is 35.5 Å². The molecule has 1 amide bonds. The van der Waals surface area contributed by atoms with Gasteiger partial charge in [0.25, 0.3) is 0 Å². The predicted molar refractivity (Wildman–Crippen MR) is 71.5 cm³/mol. The zero-order chi connectivity index (χ0) is 17.4. The molecular weight excluding hydrogens is 344 g/mol. The Bertz CT molecular complexity index is 720. The van der Waals surface area contributed by atoms with Crippen LogP contribution in [0.15, 0.2) is 18.2 Å². The van der Waals surface area contributed by atoms with E-state index in [0.29, 0.717) is 0 Å². The van der Waals surface area contributed by atoms with Crippen LogP contribution in [0, 0.1) is 11.7 Å². The van der Waals surface area contributed by atoms with Gasteiger partial charge in [-0.3, -0.25) is 4.79 Å². The van der Waals surface area contributed by atoms with Gasteiger partial charge in [0.1, 0.15) is 11.6 Å². The second kappa shape index (κ2) is 5.96. The molecular formula is C12H12F4N2O4S. The molecule has 128 valence electrons. The minimum atomic E-state index is -4.96. The number of nitrogens with zero attached hydrogens (tertiary/aromatic N) is 1. The highest BCUT2D eigenvalue weighted by molar-refractivity contribution is 7.89. The molecule has 0 bridgehead atoms. The van der Waals surface area contributed by atoms with E-state index in [9.17, 15) is 30.8 Å². The van der Waals surface area contributed by atoms with E-state index in [4.69, 9.17) is 5.14 Å². The molecule has 11 heteroatoms. The fraction of sp³-hybridized carbons (Fsp3) is 0.417. The van der Waals surface area contributed by atoms with Gasteiger partial charge in [-0.15, -0.1) is 13.2 Å².